The Labute approximate surface area is 214 Å². The Balaban J connectivity index is 0.00000361. The molecule has 36 heavy (non-hydrogen) atoms. The maximum absolute atomic E-state index is 12.8. The number of aliphatic hydroxyl groups excluding tert-OH is 1. The van der Waals surface area contributed by atoms with Crippen LogP contribution in [-0.2, 0) is 4.79 Å². The minimum atomic E-state index is -0.888. The lowest BCUT2D eigenvalue weighted by Gasteiger charge is -2.30. The van der Waals surface area contributed by atoms with E-state index in [0.717, 1.165) is 25.3 Å². The summed E-state index contributed by atoms with van der Waals surface area (Å²) in [6.07, 6.45) is 0.381. The summed E-state index contributed by atoms with van der Waals surface area (Å²) in [7, 11) is 1.61. The van der Waals surface area contributed by atoms with Crippen LogP contribution in [0.4, 0.5) is 0 Å². The Bertz CT molecular complexity index is 994. The van der Waals surface area contributed by atoms with Crippen molar-refractivity contribution < 1.29 is 28.8 Å². The van der Waals surface area contributed by atoms with Crippen LogP contribution in [-0.4, -0.2) is 68.5 Å². The van der Waals surface area contributed by atoms with E-state index in [4.69, 9.17) is 18.9 Å². The normalized spacial score (nSPS) is 18.0. The summed E-state index contributed by atoms with van der Waals surface area (Å²) in [5, 5.41) is 14.3. The van der Waals surface area contributed by atoms with Crippen LogP contribution in [0.5, 0.6) is 23.0 Å². The minimum absolute atomic E-state index is 0. The second-order valence-corrected chi connectivity index (χ2v) is 9.95. The van der Waals surface area contributed by atoms with Crippen molar-refractivity contribution in [1.29, 1.82) is 0 Å². The number of benzene rings is 2. The highest BCUT2D eigenvalue weighted by Gasteiger charge is 2.33. The summed E-state index contributed by atoms with van der Waals surface area (Å²) >= 11 is 0. The molecule has 0 spiro atoms. The van der Waals surface area contributed by atoms with Crippen LogP contribution in [0.2, 0.25) is 0 Å². The monoisotopic (exact) mass is 500 g/mol. The van der Waals surface area contributed by atoms with E-state index in [2.05, 4.69) is 24.1 Å². The van der Waals surface area contributed by atoms with Crippen molar-refractivity contribution in [2.75, 3.05) is 46.6 Å². The Morgan fingerprint density at radius 3 is 2.47 bits per heavy atom. The van der Waals surface area contributed by atoms with Gasteiger partial charge in [0.15, 0.2) is 11.5 Å². The van der Waals surface area contributed by atoms with Gasteiger partial charge in [-0.05, 0) is 60.3 Å². The van der Waals surface area contributed by atoms with E-state index in [0.29, 0.717) is 42.6 Å². The highest BCUT2D eigenvalue weighted by Crippen LogP contribution is 2.34. The number of carbonyl (C=O) groups excluding carboxylic acids is 1. The molecule has 8 nitrogen and oxygen atoms in total. The molecule has 2 N–H and O–H groups in total. The topological polar surface area (TPSA) is 89.5 Å². The molecule has 4 rings (SSSR count). The van der Waals surface area contributed by atoms with Crippen molar-refractivity contribution in [3.8, 4) is 23.0 Å². The Kier molecular flexibility index (Phi) is 9.45. The van der Waals surface area contributed by atoms with Crippen LogP contribution in [0.25, 0.3) is 0 Å². The van der Waals surface area contributed by atoms with Gasteiger partial charge < -0.3 is 34.3 Å². The quantitative estimate of drug-likeness (QED) is 0.513. The summed E-state index contributed by atoms with van der Waals surface area (Å²) in [4.78, 5) is 15.1. The van der Waals surface area contributed by atoms with Crippen LogP contribution < -0.4 is 24.3 Å². The van der Waals surface area contributed by atoms with E-state index in [1.165, 1.54) is 0 Å². The standard InChI is InChI=1S/C27H36N2O6.CH4/c1-27(2)11-12-29(18-27)17-22(26(31)19-4-9-23-24(16-19)35-15-14-34-23)28-25(30)10-13-33-21-7-5-20(32-3)6-8-21;/h4-9,16,22,26,31H,10-15,17-18H2,1-3H3,(H,28,30);1H4/t22-,26-;/m1./s1. The van der Waals surface area contributed by atoms with Gasteiger partial charge in [-0.3, -0.25) is 4.79 Å². The third kappa shape index (κ3) is 7.27. The number of rotatable bonds is 10. The molecule has 2 heterocycles. The van der Waals surface area contributed by atoms with E-state index in [1.807, 2.05) is 24.3 Å². The average molecular weight is 501 g/mol. The van der Waals surface area contributed by atoms with Gasteiger partial charge in [-0.1, -0.05) is 27.3 Å². The number of amides is 1. The molecule has 2 aliphatic rings. The van der Waals surface area contributed by atoms with E-state index in [1.54, 1.807) is 25.3 Å². The van der Waals surface area contributed by atoms with Gasteiger partial charge in [-0.15, -0.1) is 0 Å². The number of fused-ring (bicyclic) bond motifs is 1. The molecule has 0 aromatic heterocycles. The highest BCUT2D eigenvalue weighted by atomic mass is 16.6. The number of methoxy groups -OCH3 is 1. The first-order valence-electron chi connectivity index (χ1n) is 12.2. The molecule has 198 valence electrons. The van der Waals surface area contributed by atoms with Gasteiger partial charge in [0.05, 0.1) is 26.2 Å². The lowest BCUT2D eigenvalue weighted by molar-refractivity contribution is -0.123. The molecule has 1 fully saturated rings. The lowest BCUT2D eigenvalue weighted by Crippen LogP contribution is -2.47. The van der Waals surface area contributed by atoms with Crippen molar-refractivity contribution in [3.63, 3.8) is 0 Å². The van der Waals surface area contributed by atoms with E-state index < -0.39 is 12.1 Å². The molecule has 2 aromatic rings. The van der Waals surface area contributed by atoms with Crippen LogP contribution >= 0.6 is 0 Å². The summed E-state index contributed by atoms with van der Waals surface area (Å²) in [5.41, 5.74) is 0.912. The van der Waals surface area contributed by atoms with Crippen molar-refractivity contribution in [3.05, 3.63) is 48.0 Å². The molecule has 0 bridgehead atoms. The predicted octanol–water partition coefficient (Wildman–Crippen LogP) is 3.82. The van der Waals surface area contributed by atoms with Crippen LogP contribution in [0.15, 0.2) is 42.5 Å². The molecule has 0 aliphatic carbocycles. The predicted molar refractivity (Wildman–Crippen MR) is 139 cm³/mol. The fraction of sp³-hybridized carbons (Fsp3) is 0.536. The number of nitrogens with zero attached hydrogens (tertiary/aromatic N) is 1. The first-order chi connectivity index (χ1) is 16.8. The largest absolute Gasteiger partial charge is 0.497 e. The van der Waals surface area contributed by atoms with E-state index >= 15 is 0 Å². The maximum atomic E-state index is 12.8. The lowest BCUT2D eigenvalue weighted by atomic mass is 9.93. The molecule has 1 amide bonds. The molecular weight excluding hydrogens is 460 g/mol. The van der Waals surface area contributed by atoms with Gasteiger partial charge >= 0.3 is 0 Å². The maximum Gasteiger partial charge on any atom is 0.223 e. The number of hydrogen-bond acceptors (Lipinski definition) is 7. The number of nitrogens with one attached hydrogen (secondary N) is 1. The van der Waals surface area contributed by atoms with E-state index in [9.17, 15) is 9.90 Å². The van der Waals surface area contributed by atoms with Gasteiger partial charge in [0.25, 0.3) is 0 Å². The number of carbonyl (C=O) groups is 1. The fourth-order valence-corrected chi connectivity index (χ4v) is 4.57. The van der Waals surface area contributed by atoms with Crippen molar-refractivity contribution in [2.45, 2.75) is 46.3 Å². The summed E-state index contributed by atoms with van der Waals surface area (Å²) < 4.78 is 22.1. The molecule has 0 unspecified atom stereocenters. The number of likely N-dealkylation sites (tertiary alicyclic amines) is 1. The number of hydrogen-bond donors (Lipinski definition) is 2. The Morgan fingerprint density at radius 1 is 1.11 bits per heavy atom. The van der Waals surface area contributed by atoms with Gasteiger partial charge in [0, 0.05) is 13.1 Å². The summed E-state index contributed by atoms with van der Waals surface area (Å²) in [6.45, 7) is 8.14. The van der Waals surface area contributed by atoms with E-state index in [-0.39, 0.29) is 31.8 Å². The molecule has 2 aromatic carbocycles. The smallest absolute Gasteiger partial charge is 0.223 e. The van der Waals surface area contributed by atoms with Gasteiger partial charge in [-0.25, -0.2) is 0 Å². The van der Waals surface area contributed by atoms with Gasteiger partial charge in [-0.2, -0.15) is 0 Å². The second kappa shape index (κ2) is 12.3. The average Bonchev–Trinajstić information content (AvgIpc) is 3.21. The molecule has 0 radical (unpaired) electrons. The fourth-order valence-electron chi connectivity index (χ4n) is 4.57. The molecule has 0 saturated carbocycles. The molecule has 8 heteroatoms. The molecular formula is C28H40N2O6. The Morgan fingerprint density at radius 2 is 1.81 bits per heavy atom. The molecule has 2 aliphatic heterocycles. The number of aliphatic hydroxyl groups is 1. The van der Waals surface area contributed by atoms with Crippen LogP contribution in [0.1, 0.15) is 45.8 Å². The van der Waals surface area contributed by atoms with Crippen LogP contribution in [0.3, 0.4) is 0 Å². The first-order valence-corrected chi connectivity index (χ1v) is 12.2. The minimum Gasteiger partial charge on any atom is -0.497 e. The first kappa shape index (κ1) is 27.6. The molecule has 1 saturated heterocycles. The summed E-state index contributed by atoms with van der Waals surface area (Å²) in [5.74, 6) is 2.54. The third-order valence-corrected chi connectivity index (χ3v) is 6.50. The summed E-state index contributed by atoms with van der Waals surface area (Å²) in [6, 6.07) is 12.2. The van der Waals surface area contributed by atoms with Crippen molar-refractivity contribution in [1.82, 2.24) is 10.2 Å². The SMILES string of the molecule is C.COc1ccc(OCCC(=O)N[C@H](CN2CCC(C)(C)C2)[C@H](O)c2ccc3c(c2)OCCO3)cc1. The van der Waals surface area contributed by atoms with Crippen molar-refractivity contribution >= 4 is 5.91 Å². The zero-order chi connectivity index (χ0) is 24.8. The Hall–Kier alpha value is -2.97. The van der Waals surface area contributed by atoms with Crippen molar-refractivity contribution in [2.24, 2.45) is 5.41 Å². The zero-order valence-corrected chi connectivity index (χ0v) is 20.8. The van der Waals surface area contributed by atoms with Gasteiger partial charge in [0.2, 0.25) is 5.91 Å². The van der Waals surface area contributed by atoms with Gasteiger partial charge in [0.1, 0.15) is 30.8 Å². The molecule has 2 atom stereocenters. The number of ether oxygens (including phenoxy) is 4. The zero-order valence-electron chi connectivity index (χ0n) is 20.8. The van der Waals surface area contributed by atoms with Crippen LogP contribution in [0, 0.1) is 5.41 Å². The highest BCUT2D eigenvalue weighted by molar-refractivity contribution is 5.76. The third-order valence-electron chi connectivity index (χ3n) is 6.50. The second-order valence-electron chi connectivity index (χ2n) is 9.95.